The van der Waals surface area contributed by atoms with E-state index in [4.69, 9.17) is 11.6 Å². The lowest BCUT2D eigenvalue weighted by molar-refractivity contribution is -0.123. The summed E-state index contributed by atoms with van der Waals surface area (Å²) in [7, 11) is 0. The van der Waals surface area contributed by atoms with Crippen molar-refractivity contribution in [3.8, 4) is 0 Å². The van der Waals surface area contributed by atoms with Crippen molar-refractivity contribution in [2.24, 2.45) is 5.92 Å². The van der Waals surface area contributed by atoms with Crippen LogP contribution in [0.2, 0.25) is 5.02 Å². The molecule has 1 aromatic carbocycles. The molecular formula is C20H27ClN2O2. The highest BCUT2D eigenvalue weighted by Crippen LogP contribution is 2.24. The van der Waals surface area contributed by atoms with Crippen LogP contribution in [0.4, 0.5) is 0 Å². The van der Waals surface area contributed by atoms with E-state index in [-0.39, 0.29) is 30.4 Å². The maximum Gasteiger partial charge on any atom is 0.220 e. The molecule has 0 aliphatic rings. The van der Waals surface area contributed by atoms with Crippen molar-refractivity contribution in [3.05, 3.63) is 59.4 Å². The first-order chi connectivity index (χ1) is 12.0. The van der Waals surface area contributed by atoms with Crippen molar-refractivity contribution in [1.82, 2.24) is 9.88 Å². The fourth-order valence-electron chi connectivity index (χ4n) is 2.91. The number of aromatic nitrogens is 1. The minimum atomic E-state index is -0.199. The first-order valence-corrected chi connectivity index (χ1v) is 9.17. The molecule has 3 atom stereocenters. The van der Waals surface area contributed by atoms with E-state index in [1.54, 1.807) is 0 Å². The van der Waals surface area contributed by atoms with Gasteiger partial charge in [0.1, 0.15) is 0 Å². The van der Waals surface area contributed by atoms with Gasteiger partial charge in [-0.2, -0.15) is 0 Å². The second-order valence-electron chi connectivity index (χ2n) is 6.57. The summed E-state index contributed by atoms with van der Waals surface area (Å²) in [5.41, 5.74) is 1.08. The second kappa shape index (κ2) is 9.64. The Balaban J connectivity index is 2.09. The van der Waals surface area contributed by atoms with Crippen LogP contribution in [0.1, 0.15) is 38.2 Å². The number of aliphatic hydroxyl groups is 1. The van der Waals surface area contributed by atoms with Crippen LogP contribution in [0, 0.1) is 5.92 Å². The minimum Gasteiger partial charge on any atom is -0.394 e. The van der Waals surface area contributed by atoms with E-state index in [9.17, 15) is 9.90 Å². The number of halogens is 1. The summed E-state index contributed by atoms with van der Waals surface area (Å²) >= 11 is 5.99. The van der Waals surface area contributed by atoms with Crippen molar-refractivity contribution in [3.63, 3.8) is 0 Å². The van der Waals surface area contributed by atoms with Crippen molar-refractivity contribution >= 4 is 17.5 Å². The highest BCUT2D eigenvalue weighted by molar-refractivity contribution is 6.30. The van der Waals surface area contributed by atoms with Crippen LogP contribution < -0.4 is 5.32 Å². The third-order valence-corrected chi connectivity index (χ3v) is 5.00. The zero-order valence-corrected chi connectivity index (χ0v) is 15.6. The zero-order valence-electron chi connectivity index (χ0n) is 14.9. The van der Waals surface area contributed by atoms with E-state index in [1.165, 1.54) is 0 Å². The largest absolute Gasteiger partial charge is 0.394 e. The molecule has 2 rings (SSSR count). The van der Waals surface area contributed by atoms with Gasteiger partial charge in [-0.25, -0.2) is 0 Å². The molecule has 0 aliphatic heterocycles. The lowest BCUT2D eigenvalue weighted by Gasteiger charge is -2.24. The van der Waals surface area contributed by atoms with Crippen LogP contribution in [0.25, 0.3) is 0 Å². The monoisotopic (exact) mass is 362 g/mol. The minimum absolute atomic E-state index is 0.0357. The number of carbonyl (C=O) groups is 1. The third kappa shape index (κ3) is 5.91. The number of hydrogen-bond donors (Lipinski definition) is 2. The quantitative estimate of drug-likeness (QED) is 0.712. The number of hydrogen-bond acceptors (Lipinski definition) is 2. The number of nitrogens with zero attached hydrogens (tertiary/aromatic N) is 1. The molecule has 1 aromatic heterocycles. The summed E-state index contributed by atoms with van der Waals surface area (Å²) in [6, 6.07) is 11.4. The smallest absolute Gasteiger partial charge is 0.220 e. The van der Waals surface area contributed by atoms with Gasteiger partial charge in [-0.05, 0) is 35.7 Å². The molecule has 1 amide bonds. The first-order valence-electron chi connectivity index (χ1n) is 8.80. The van der Waals surface area contributed by atoms with Gasteiger partial charge < -0.3 is 15.0 Å². The molecular weight excluding hydrogens is 336 g/mol. The Kier molecular flexibility index (Phi) is 7.53. The van der Waals surface area contributed by atoms with Crippen LogP contribution >= 0.6 is 11.6 Å². The van der Waals surface area contributed by atoms with Crippen molar-refractivity contribution in [1.29, 1.82) is 0 Å². The number of amides is 1. The summed E-state index contributed by atoms with van der Waals surface area (Å²) in [4.78, 5) is 12.6. The Bertz CT molecular complexity index is 640. The van der Waals surface area contributed by atoms with Gasteiger partial charge >= 0.3 is 0 Å². The van der Waals surface area contributed by atoms with Crippen LogP contribution in [0.3, 0.4) is 0 Å². The molecule has 25 heavy (non-hydrogen) atoms. The van der Waals surface area contributed by atoms with E-state index in [0.29, 0.717) is 11.4 Å². The van der Waals surface area contributed by atoms with Gasteiger partial charge in [0.15, 0.2) is 0 Å². The molecule has 0 bridgehead atoms. The zero-order chi connectivity index (χ0) is 18.2. The number of rotatable bonds is 9. The third-order valence-electron chi connectivity index (χ3n) is 4.74. The fourth-order valence-corrected chi connectivity index (χ4v) is 3.04. The van der Waals surface area contributed by atoms with Crippen molar-refractivity contribution in [2.45, 2.75) is 45.2 Å². The SMILES string of the molecule is CC[C@H](C)[C@H](CO)NC(=O)C[C@@H](Cn1cccc1)c1ccc(Cl)cc1. The lowest BCUT2D eigenvalue weighted by Crippen LogP contribution is -2.42. The van der Waals surface area contributed by atoms with E-state index in [0.717, 1.165) is 18.5 Å². The number of nitrogens with one attached hydrogen (secondary N) is 1. The van der Waals surface area contributed by atoms with E-state index >= 15 is 0 Å². The Morgan fingerprint density at radius 3 is 2.44 bits per heavy atom. The molecule has 0 aliphatic carbocycles. The van der Waals surface area contributed by atoms with Crippen LogP contribution in [0.5, 0.6) is 0 Å². The predicted molar refractivity (Wildman–Crippen MR) is 102 cm³/mol. The van der Waals surface area contributed by atoms with E-state index in [1.807, 2.05) is 55.7 Å². The van der Waals surface area contributed by atoms with Crippen LogP contribution in [0.15, 0.2) is 48.8 Å². The van der Waals surface area contributed by atoms with Gasteiger partial charge in [0.25, 0.3) is 0 Å². The van der Waals surface area contributed by atoms with Gasteiger partial charge in [0.2, 0.25) is 5.91 Å². The molecule has 0 saturated carbocycles. The van der Waals surface area contributed by atoms with Crippen LogP contribution in [-0.4, -0.2) is 28.2 Å². The molecule has 1 heterocycles. The summed E-state index contributed by atoms with van der Waals surface area (Å²) in [5.74, 6) is 0.250. The first kappa shape index (κ1) is 19.5. The number of aliphatic hydroxyl groups excluding tert-OH is 1. The summed E-state index contributed by atoms with van der Waals surface area (Å²) in [6.07, 6.45) is 5.27. The molecule has 0 unspecified atom stereocenters. The lowest BCUT2D eigenvalue weighted by atomic mass is 9.94. The van der Waals surface area contributed by atoms with Gasteiger partial charge in [0, 0.05) is 36.3 Å². The molecule has 4 nitrogen and oxygen atoms in total. The number of carbonyl (C=O) groups excluding carboxylic acids is 1. The normalized spacial score (nSPS) is 14.7. The highest BCUT2D eigenvalue weighted by atomic mass is 35.5. The standard InChI is InChI=1S/C20H27ClN2O2/c1-3-15(2)19(14-24)22-20(25)12-17(13-23-10-4-5-11-23)16-6-8-18(21)9-7-16/h4-11,15,17,19,24H,3,12-14H2,1-2H3,(H,22,25)/t15-,17-,19-/m0/s1. The van der Waals surface area contributed by atoms with Crippen molar-refractivity contribution in [2.75, 3.05) is 6.61 Å². The van der Waals surface area contributed by atoms with E-state index < -0.39 is 0 Å². The predicted octanol–water partition coefficient (Wildman–Crippen LogP) is 3.84. The van der Waals surface area contributed by atoms with Gasteiger partial charge in [-0.3, -0.25) is 4.79 Å². The fraction of sp³-hybridized carbons (Fsp3) is 0.450. The van der Waals surface area contributed by atoms with Gasteiger partial charge in [-0.15, -0.1) is 0 Å². The van der Waals surface area contributed by atoms with Crippen LogP contribution in [-0.2, 0) is 11.3 Å². The molecule has 0 saturated heterocycles. The Morgan fingerprint density at radius 1 is 1.24 bits per heavy atom. The average Bonchev–Trinajstić information content (AvgIpc) is 3.12. The molecule has 2 aromatic rings. The highest BCUT2D eigenvalue weighted by Gasteiger charge is 2.21. The number of benzene rings is 1. The van der Waals surface area contributed by atoms with E-state index in [2.05, 4.69) is 16.8 Å². The molecule has 0 spiro atoms. The molecule has 2 N–H and O–H groups in total. The topological polar surface area (TPSA) is 54.3 Å². The summed E-state index contributed by atoms with van der Waals surface area (Å²) in [6.45, 7) is 4.78. The summed E-state index contributed by atoms with van der Waals surface area (Å²) < 4.78 is 2.07. The Hall–Kier alpha value is -1.78. The second-order valence-corrected chi connectivity index (χ2v) is 7.01. The molecule has 5 heteroatoms. The maximum absolute atomic E-state index is 12.6. The Morgan fingerprint density at radius 2 is 1.88 bits per heavy atom. The van der Waals surface area contributed by atoms with Gasteiger partial charge in [-0.1, -0.05) is 44.0 Å². The molecule has 0 radical (unpaired) electrons. The average molecular weight is 363 g/mol. The maximum atomic E-state index is 12.6. The van der Waals surface area contributed by atoms with Gasteiger partial charge in [0.05, 0.1) is 12.6 Å². The summed E-state index contributed by atoms with van der Waals surface area (Å²) in [5, 5.41) is 13.2. The molecule has 136 valence electrons. The van der Waals surface area contributed by atoms with Crippen molar-refractivity contribution < 1.29 is 9.90 Å². The Labute approximate surface area is 154 Å². The molecule has 0 fully saturated rings.